The highest BCUT2D eigenvalue weighted by atomic mass is 16.7. The summed E-state index contributed by atoms with van der Waals surface area (Å²) in [6, 6.07) is 0. The van der Waals surface area contributed by atoms with Crippen LogP contribution in [0.25, 0.3) is 0 Å². The van der Waals surface area contributed by atoms with Crippen molar-refractivity contribution in [2.45, 2.75) is 25.2 Å². The van der Waals surface area contributed by atoms with E-state index in [0.717, 1.165) is 12.8 Å². The summed E-state index contributed by atoms with van der Waals surface area (Å²) >= 11 is 0. The van der Waals surface area contributed by atoms with Crippen molar-refractivity contribution in [1.29, 1.82) is 0 Å². The SMILES string of the molecule is COC(OC)C(=O)OC1C=CCC1. The van der Waals surface area contributed by atoms with Crippen molar-refractivity contribution in [1.82, 2.24) is 0 Å². The lowest BCUT2D eigenvalue weighted by atomic mass is 10.3. The average molecular weight is 186 g/mol. The van der Waals surface area contributed by atoms with E-state index in [9.17, 15) is 4.79 Å². The molecule has 0 radical (unpaired) electrons. The highest BCUT2D eigenvalue weighted by molar-refractivity contribution is 5.73. The van der Waals surface area contributed by atoms with Gasteiger partial charge in [0, 0.05) is 14.2 Å². The van der Waals surface area contributed by atoms with Crippen LogP contribution in [0.4, 0.5) is 0 Å². The monoisotopic (exact) mass is 186 g/mol. The molecule has 1 atom stereocenters. The zero-order valence-electron chi connectivity index (χ0n) is 7.86. The van der Waals surface area contributed by atoms with Crippen molar-refractivity contribution < 1.29 is 19.0 Å². The Morgan fingerprint density at radius 2 is 2.15 bits per heavy atom. The second-order valence-electron chi connectivity index (χ2n) is 2.78. The van der Waals surface area contributed by atoms with E-state index in [1.54, 1.807) is 0 Å². The lowest BCUT2D eigenvalue weighted by molar-refractivity contribution is -0.186. The number of ether oxygens (including phenoxy) is 3. The Morgan fingerprint density at radius 1 is 1.46 bits per heavy atom. The molecule has 4 heteroatoms. The highest BCUT2D eigenvalue weighted by Gasteiger charge is 2.22. The van der Waals surface area contributed by atoms with E-state index >= 15 is 0 Å². The van der Waals surface area contributed by atoms with E-state index in [1.165, 1.54) is 14.2 Å². The molecule has 1 rings (SSSR count). The summed E-state index contributed by atoms with van der Waals surface area (Å²) in [5, 5.41) is 0. The number of methoxy groups -OCH3 is 2. The first-order valence-corrected chi connectivity index (χ1v) is 4.20. The van der Waals surface area contributed by atoms with Crippen molar-refractivity contribution in [3.8, 4) is 0 Å². The molecule has 0 N–H and O–H groups in total. The van der Waals surface area contributed by atoms with E-state index in [4.69, 9.17) is 14.2 Å². The van der Waals surface area contributed by atoms with Crippen LogP contribution in [0.2, 0.25) is 0 Å². The van der Waals surface area contributed by atoms with Gasteiger partial charge in [-0.25, -0.2) is 4.79 Å². The fourth-order valence-electron chi connectivity index (χ4n) is 1.20. The molecular formula is C9H14O4. The Labute approximate surface area is 77.5 Å². The third-order valence-corrected chi connectivity index (χ3v) is 1.86. The second-order valence-corrected chi connectivity index (χ2v) is 2.78. The van der Waals surface area contributed by atoms with Gasteiger partial charge >= 0.3 is 5.97 Å². The van der Waals surface area contributed by atoms with Gasteiger partial charge in [0.05, 0.1) is 0 Å². The summed E-state index contributed by atoms with van der Waals surface area (Å²) in [6.07, 6.45) is 4.66. The summed E-state index contributed by atoms with van der Waals surface area (Å²) in [5.41, 5.74) is 0. The number of esters is 1. The molecule has 0 fully saturated rings. The van der Waals surface area contributed by atoms with E-state index in [0.29, 0.717) is 0 Å². The van der Waals surface area contributed by atoms with Crippen LogP contribution in [0.1, 0.15) is 12.8 Å². The predicted molar refractivity (Wildman–Crippen MR) is 46.1 cm³/mol. The van der Waals surface area contributed by atoms with Gasteiger partial charge < -0.3 is 14.2 Å². The molecule has 0 aliphatic heterocycles. The molecule has 0 bridgehead atoms. The van der Waals surface area contributed by atoms with Crippen LogP contribution in [-0.2, 0) is 19.0 Å². The first-order valence-electron chi connectivity index (χ1n) is 4.20. The number of hydrogen-bond acceptors (Lipinski definition) is 4. The van der Waals surface area contributed by atoms with E-state index in [1.807, 2.05) is 12.2 Å². The molecule has 0 saturated heterocycles. The predicted octanol–water partition coefficient (Wildman–Crippen LogP) is 0.867. The molecule has 0 aromatic heterocycles. The molecule has 1 aliphatic carbocycles. The van der Waals surface area contributed by atoms with Crippen LogP contribution in [0, 0.1) is 0 Å². The number of carbonyl (C=O) groups excluding carboxylic acids is 1. The third-order valence-electron chi connectivity index (χ3n) is 1.86. The van der Waals surface area contributed by atoms with Crippen LogP contribution in [-0.4, -0.2) is 32.6 Å². The molecule has 13 heavy (non-hydrogen) atoms. The maximum absolute atomic E-state index is 11.3. The minimum absolute atomic E-state index is 0.111. The van der Waals surface area contributed by atoms with Crippen molar-refractivity contribution in [3.63, 3.8) is 0 Å². The first kappa shape index (κ1) is 10.2. The maximum Gasteiger partial charge on any atom is 0.364 e. The molecule has 0 heterocycles. The summed E-state index contributed by atoms with van der Waals surface area (Å²) in [4.78, 5) is 11.3. The Kier molecular flexibility index (Phi) is 3.92. The van der Waals surface area contributed by atoms with E-state index in [-0.39, 0.29) is 6.10 Å². The Balaban J connectivity index is 2.34. The van der Waals surface area contributed by atoms with Crippen LogP contribution in [0.15, 0.2) is 12.2 Å². The van der Waals surface area contributed by atoms with Crippen LogP contribution in [0.5, 0.6) is 0 Å². The van der Waals surface area contributed by atoms with Gasteiger partial charge in [0.1, 0.15) is 6.10 Å². The average Bonchev–Trinajstić information content (AvgIpc) is 2.59. The number of rotatable bonds is 4. The van der Waals surface area contributed by atoms with E-state index < -0.39 is 12.3 Å². The van der Waals surface area contributed by atoms with Gasteiger partial charge in [-0.3, -0.25) is 0 Å². The molecular weight excluding hydrogens is 172 g/mol. The molecule has 0 aromatic rings. The van der Waals surface area contributed by atoms with Gasteiger partial charge in [0.2, 0.25) is 0 Å². The van der Waals surface area contributed by atoms with Crippen molar-refractivity contribution in [3.05, 3.63) is 12.2 Å². The molecule has 0 amide bonds. The molecule has 4 nitrogen and oxygen atoms in total. The Hall–Kier alpha value is -0.870. The van der Waals surface area contributed by atoms with Crippen LogP contribution >= 0.6 is 0 Å². The van der Waals surface area contributed by atoms with Crippen LogP contribution in [0.3, 0.4) is 0 Å². The maximum atomic E-state index is 11.3. The quantitative estimate of drug-likeness (QED) is 0.371. The molecule has 0 aromatic carbocycles. The van der Waals surface area contributed by atoms with Gasteiger partial charge in [-0.1, -0.05) is 6.08 Å². The summed E-state index contributed by atoms with van der Waals surface area (Å²) < 4.78 is 14.6. The number of carbonyl (C=O) groups is 1. The molecule has 74 valence electrons. The second kappa shape index (κ2) is 4.99. The molecule has 1 unspecified atom stereocenters. The molecule has 0 saturated carbocycles. The van der Waals surface area contributed by atoms with Gasteiger partial charge in [0.15, 0.2) is 0 Å². The summed E-state index contributed by atoms with van der Waals surface area (Å²) in [7, 11) is 2.81. The largest absolute Gasteiger partial charge is 0.454 e. The normalized spacial score (nSPS) is 21.0. The van der Waals surface area contributed by atoms with Crippen molar-refractivity contribution in [2.24, 2.45) is 0 Å². The summed E-state index contributed by atoms with van der Waals surface area (Å²) in [6.45, 7) is 0. The minimum atomic E-state index is -0.908. The minimum Gasteiger partial charge on any atom is -0.454 e. The van der Waals surface area contributed by atoms with Crippen molar-refractivity contribution in [2.75, 3.05) is 14.2 Å². The number of hydrogen-bond donors (Lipinski definition) is 0. The number of allylic oxidation sites excluding steroid dienone is 1. The van der Waals surface area contributed by atoms with Gasteiger partial charge in [-0.2, -0.15) is 0 Å². The van der Waals surface area contributed by atoms with Crippen LogP contribution < -0.4 is 0 Å². The zero-order chi connectivity index (χ0) is 9.68. The smallest absolute Gasteiger partial charge is 0.364 e. The van der Waals surface area contributed by atoms with Gasteiger partial charge in [-0.15, -0.1) is 0 Å². The van der Waals surface area contributed by atoms with Gasteiger partial charge in [-0.05, 0) is 18.9 Å². The lowest BCUT2D eigenvalue weighted by Crippen LogP contribution is -2.29. The van der Waals surface area contributed by atoms with Gasteiger partial charge in [0.25, 0.3) is 6.29 Å². The fraction of sp³-hybridized carbons (Fsp3) is 0.667. The molecule has 1 aliphatic rings. The zero-order valence-corrected chi connectivity index (χ0v) is 7.86. The lowest BCUT2D eigenvalue weighted by Gasteiger charge is -2.15. The van der Waals surface area contributed by atoms with Crippen molar-refractivity contribution >= 4 is 5.97 Å². The Morgan fingerprint density at radius 3 is 2.62 bits per heavy atom. The topological polar surface area (TPSA) is 44.8 Å². The van der Waals surface area contributed by atoms with E-state index in [2.05, 4.69) is 0 Å². The standard InChI is InChI=1S/C9H14O4/c1-11-9(12-2)8(10)13-7-5-3-4-6-7/h3,5,7,9H,4,6H2,1-2H3. The first-order chi connectivity index (χ1) is 6.27. The Bertz CT molecular complexity index is 196. The molecule has 0 spiro atoms. The summed E-state index contributed by atoms with van der Waals surface area (Å²) in [5.74, 6) is -0.471. The third kappa shape index (κ3) is 2.82. The fourth-order valence-corrected chi connectivity index (χ4v) is 1.20. The highest BCUT2D eigenvalue weighted by Crippen LogP contribution is 2.14.